The second kappa shape index (κ2) is 7.52. The highest BCUT2D eigenvalue weighted by Crippen LogP contribution is 2.30. The second-order valence-corrected chi connectivity index (χ2v) is 4.50. The minimum Gasteiger partial charge on any atom is -0.490 e. The lowest BCUT2D eigenvalue weighted by molar-refractivity contribution is 0.273. The van der Waals surface area contributed by atoms with Crippen molar-refractivity contribution in [1.82, 2.24) is 0 Å². The molecule has 0 saturated carbocycles. The highest BCUT2D eigenvalue weighted by molar-refractivity contribution is 9.10. The summed E-state index contributed by atoms with van der Waals surface area (Å²) in [6.07, 6.45) is 3.98. The predicted octanol–water partition coefficient (Wildman–Crippen LogP) is 2.96. The summed E-state index contributed by atoms with van der Waals surface area (Å²) in [6.45, 7) is 0.941. The highest BCUT2D eigenvalue weighted by Gasteiger charge is 2.04. The van der Waals surface area contributed by atoms with Gasteiger partial charge in [0.2, 0.25) is 0 Å². The molecule has 3 N–H and O–H groups in total. The summed E-state index contributed by atoms with van der Waals surface area (Å²) in [5.41, 5.74) is 6.45. The third-order valence-electron chi connectivity index (χ3n) is 2.30. The van der Waals surface area contributed by atoms with Gasteiger partial charge in [-0.2, -0.15) is 0 Å². The van der Waals surface area contributed by atoms with Gasteiger partial charge in [-0.25, -0.2) is 0 Å². The number of aliphatic hydroxyl groups excluding tert-OH is 1. The van der Waals surface area contributed by atoms with Gasteiger partial charge < -0.3 is 15.6 Å². The van der Waals surface area contributed by atoms with Gasteiger partial charge in [-0.15, -0.1) is 0 Å². The van der Waals surface area contributed by atoms with Crippen molar-refractivity contribution in [2.45, 2.75) is 25.7 Å². The predicted molar refractivity (Wildman–Crippen MR) is 69.6 cm³/mol. The lowest BCUT2D eigenvalue weighted by Crippen LogP contribution is -2.01. The molecular weight excluding hydrogens is 270 g/mol. The fraction of sp³-hybridized carbons (Fsp3) is 0.500. The molecule has 0 fully saturated rings. The van der Waals surface area contributed by atoms with Gasteiger partial charge in [-0.1, -0.05) is 12.5 Å². The van der Waals surface area contributed by atoms with Crippen molar-refractivity contribution in [3.05, 3.63) is 22.7 Å². The van der Waals surface area contributed by atoms with Gasteiger partial charge >= 0.3 is 0 Å². The summed E-state index contributed by atoms with van der Waals surface area (Å²) in [7, 11) is 0. The molecule has 0 aliphatic heterocycles. The largest absolute Gasteiger partial charge is 0.490 e. The molecule has 0 atom stereocenters. The van der Waals surface area contributed by atoms with Crippen LogP contribution in [-0.2, 0) is 0 Å². The Labute approximate surface area is 105 Å². The zero-order chi connectivity index (χ0) is 11.8. The average molecular weight is 288 g/mol. The number of anilines is 1. The van der Waals surface area contributed by atoms with Crippen molar-refractivity contribution in [2.75, 3.05) is 18.9 Å². The average Bonchev–Trinajstić information content (AvgIpc) is 2.26. The van der Waals surface area contributed by atoms with E-state index in [9.17, 15) is 0 Å². The summed E-state index contributed by atoms with van der Waals surface area (Å²) in [4.78, 5) is 0. The van der Waals surface area contributed by atoms with Gasteiger partial charge in [-0.05, 0) is 47.3 Å². The molecule has 0 radical (unpaired) electrons. The van der Waals surface area contributed by atoms with E-state index >= 15 is 0 Å². The molecular formula is C12H18BrNO2. The summed E-state index contributed by atoms with van der Waals surface area (Å²) >= 11 is 3.40. The Bertz CT molecular complexity index is 298. The molecule has 0 heterocycles. The van der Waals surface area contributed by atoms with Crippen molar-refractivity contribution < 1.29 is 9.84 Å². The van der Waals surface area contributed by atoms with E-state index in [1.807, 2.05) is 18.2 Å². The minimum atomic E-state index is 0.276. The summed E-state index contributed by atoms with van der Waals surface area (Å²) in [5, 5.41) is 8.62. The number of nitrogens with two attached hydrogens (primary N) is 1. The molecule has 1 aromatic rings. The molecule has 0 saturated heterocycles. The van der Waals surface area contributed by atoms with Crippen LogP contribution in [0.5, 0.6) is 5.75 Å². The van der Waals surface area contributed by atoms with E-state index in [0.717, 1.165) is 35.9 Å². The van der Waals surface area contributed by atoms with Gasteiger partial charge in [-0.3, -0.25) is 0 Å². The number of aliphatic hydroxyl groups is 1. The summed E-state index contributed by atoms with van der Waals surface area (Å²) in [6, 6.07) is 5.62. The van der Waals surface area contributed by atoms with Crippen LogP contribution in [0.4, 0.5) is 5.69 Å². The zero-order valence-electron chi connectivity index (χ0n) is 9.29. The van der Waals surface area contributed by atoms with Gasteiger partial charge in [0.15, 0.2) is 5.75 Å². The lowest BCUT2D eigenvalue weighted by atomic mass is 10.2. The minimum absolute atomic E-state index is 0.276. The number of hydrogen-bond acceptors (Lipinski definition) is 3. The molecule has 0 aliphatic carbocycles. The number of hydrogen-bond donors (Lipinski definition) is 2. The van der Waals surface area contributed by atoms with Crippen LogP contribution in [0.25, 0.3) is 0 Å². The van der Waals surface area contributed by atoms with Crippen LogP contribution < -0.4 is 10.5 Å². The van der Waals surface area contributed by atoms with Crippen LogP contribution in [-0.4, -0.2) is 18.3 Å². The van der Waals surface area contributed by atoms with Crippen LogP contribution in [0, 0.1) is 0 Å². The Morgan fingerprint density at radius 2 is 1.94 bits per heavy atom. The van der Waals surface area contributed by atoms with Crippen LogP contribution in [0.1, 0.15) is 25.7 Å². The quantitative estimate of drug-likeness (QED) is 0.599. The number of unbranched alkanes of at least 4 members (excludes halogenated alkanes) is 3. The van der Waals surface area contributed by atoms with Gasteiger partial charge in [0.25, 0.3) is 0 Å². The van der Waals surface area contributed by atoms with E-state index in [1.165, 1.54) is 0 Å². The summed E-state index contributed by atoms with van der Waals surface area (Å²) < 4.78 is 6.50. The third kappa shape index (κ3) is 4.41. The van der Waals surface area contributed by atoms with Gasteiger partial charge in [0, 0.05) is 6.61 Å². The number of para-hydroxylation sites is 1. The first-order valence-electron chi connectivity index (χ1n) is 5.53. The molecule has 90 valence electrons. The Morgan fingerprint density at radius 1 is 1.19 bits per heavy atom. The molecule has 0 aliphatic rings. The van der Waals surface area contributed by atoms with Crippen LogP contribution in [0.2, 0.25) is 0 Å². The molecule has 0 aromatic heterocycles. The molecule has 16 heavy (non-hydrogen) atoms. The van der Waals surface area contributed by atoms with Crippen LogP contribution in [0.15, 0.2) is 22.7 Å². The molecule has 4 heteroatoms. The fourth-order valence-electron chi connectivity index (χ4n) is 1.42. The van der Waals surface area contributed by atoms with E-state index in [2.05, 4.69) is 15.9 Å². The van der Waals surface area contributed by atoms with E-state index in [4.69, 9.17) is 15.6 Å². The van der Waals surface area contributed by atoms with Crippen LogP contribution in [0.3, 0.4) is 0 Å². The van der Waals surface area contributed by atoms with E-state index < -0.39 is 0 Å². The monoisotopic (exact) mass is 287 g/mol. The first-order chi connectivity index (χ1) is 7.75. The maximum absolute atomic E-state index is 8.62. The first kappa shape index (κ1) is 13.3. The topological polar surface area (TPSA) is 55.5 Å². The van der Waals surface area contributed by atoms with E-state index in [-0.39, 0.29) is 6.61 Å². The molecule has 1 aromatic carbocycles. The summed E-state index contributed by atoms with van der Waals surface area (Å²) in [5.74, 6) is 0.727. The standard InChI is InChI=1S/C12H18BrNO2/c13-10-6-5-7-11(14)12(10)16-9-4-2-1-3-8-15/h5-7,15H,1-4,8-9,14H2. The number of ether oxygens (including phenoxy) is 1. The molecule has 0 spiro atoms. The highest BCUT2D eigenvalue weighted by atomic mass is 79.9. The fourth-order valence-corrected chi connectivity index (χ4v) is 1.92. The molecule has 0 bridgehead atoms. The lowest BCUT2D eigenvalue weighted by Gasteiger charge is -2.10. The Morgan fingerprint density at radius 3 is 2.62 bits per heavy atom. The van der Waals surface area contributed by atoms with Crippen LogP contribution >= 0.6 is 15.9 Å². The Hall–Kier alpha value is -0.740. The molecule has 3 nitrogen and oxygen atoms in total. The number of halogens is 1. The Kier molecular flexibility index (Phi) is 6.26. The molecule has 0 unspecified atom stereocenters. The van der Waals surface area contributed by atoms with Crippen molar-refractivity contribution in [1.29, 1.82) is 0 Å². The maximum atomic E-state index is 8.62. The molecule has 0 amide bonds. The first-order valence-corrected chi connectivity index (χ1v) is 6.32. The zero-order valence-corrected chi connectivity index (χ0v) is 10.9. The Balaban J connectivity index is 2.26. The SMILES string of the molecule is Nc1cccc(Br)c1OCCCCCCO. The normalized spacial score (nSPS) is 10.4. The third-order valence-corrected chi connectivity index (χ3v) is 2.92. The van der Waals surface area contributed by atoms with E-state index in [1.54, 1.807) is 0 Å². The van der Waals surface area contributed by atoms with Crippen molar-refractivity contribution in [3.8, 4) is 5.75 Å². The van der Waals surface area contributed by atoms with Crippen molar-refractivity contribution in [3.63, 3.8) is 0 Å². The maximum Gasteiger partial charge on any atom is 0.156 e. The van der Waals surface area contributed by atoms with Gasteiger partial charge in [0.1, 0.15) is 0 Å². The number of benzene rings is 1. The van der Waals surface area contributed by atoms with E-state index in [0.29, 0.717) is 12.3 Å². The molecule has 1 rings (SSSR count). The van der Waals surface area contributed by atoms with Gasteiger partial charge in [0.05, 0.1) is 16.8 Å². The second-order valence-electron chi connectivity index (χ2n) is 3.64. The van der Waals surface area contributed by atoms with Crippen molar-refractivity contribution in [2.24, 2.45) is 0 Å². The number of rotatable bonds is 7. The number of nitrogen functional groups attached to an aromatic ring is 1. The van der Waals surface area contributed by atoms with Crippen molar-refractivity contribution >= 4 is 21.6 Å². The smallest absolute Gasteiger partial charge is 0.156 e.